The van der Waals surface area contributed by atoms with Gasteiger partial charge >= 0.3 is 6.36 Å². The van der Waals surface area contributed by atoms with Crippen molar-refractivity contribution in [2.45, 2.75) is 18.9 Å². The van der Waals surface area contributed by atoms with Gasteiger partial charge in [0, 0.05) is 24.1 Å². The third-order valence-electron chi connectivity index (χ3n) is 5.66. The lowest BCUT2D eigenvalue weighted by atomic mass is 9.62. The third-order valence-corrected chi connectivity index (χ3v) is 5.66. The summed E-state index contributed by atoms with van der Waals surface area (Å²) in [6, 6.07) is 12.6. The average Bonchev–Trinajstić information content (AvgIpc) is 3.12. The Bertz CT molecular complexity index is 1080. The summed E-state index contributed by atoms with van der Waals surface area (Å²) in [5.41, 5.74) is -0.284. The summed E-state index contributed by atoms with van der Waals surface area (Å²) < 4.78 is 41.6. The van der Waals surface area contributed by atoms with Gasteiger partial charge in [0.05, 0.1) is 7.05 Å². The molecule has 1 atom stereocenters. The second-order valence-electron chi connectivity index (χ2n) is 8.20. The number of halogens is 3. The minimum Gasteiger partial charge on any atom is -0.406 e. The second-order valence-corrected chi connectivity index (χ2v) is 8.20. The maximum Gasteiger partial charge on any atom is 0.573 e. The predicted octanol–water partition coefficient (Wildman–Crippen LogP) is 2.96. The Morgan fingerprint density at radius 3 is 2.26 bits per heavy atom. The molecular weight excluding hydrogens is 411 g/mol. The Hall–Kier alpha value is -2.98. The topological polar surface area (TPSA) is 76.3 Å². The molecule has 1 fully saturated rings. The molecule has 2 aromatic carbocycles. The molecule has 0 radical (unpaired) electrons. The Morgan fingerprint density at radius 2 is 1.71 bits per heavy atom. The van der Waals surface area contributed by atoms with Crippen molar-refractivity contribution in [3.63, 3.8) is 0 Å². The molecule has 1 aromatic heterocycles. The van der Waals surface area contributed by atoms with Crippen LogP contribution in [-0.2, 0) is 12.6 Å². The van der Waals surface area contributed by atoms with E-state index in [1.165, 1.54) is 29.1 Å². The molecule has 0 aliphatic carbocycles. The minimum absolute atomic E-state index is 0.341. The Kier molecular flexibility index (Phi) is 5.01. The van der Waals surface area contributed by atoms with Crippen molar-refractivity contribution in [3.05, 3.63) is 59.7 Å². The first-order chi connectivity index (χ1) is 14.5. The fourth-order valence-corrected chi connectivity index (χ4v) is 4.42. The highest BCUT2D eigenvalue weighted by Crippen LogP contribution is 2.50. The second kappa shape index (κ2) is 7.31. The molecule has 1 N–H and O–H groups in total. The number of likely N-dealkylation sites (tertiary alicyclic amines) is 1. The first kappa shape index (κ1) is 21.3. The Balaban J connectivity index is 1.78. The lowest BCUT2D eigenvalue weighted by Crippen LogP contribution is -2.63. The zero-order chi connectivity index (χ0) is 22.4. The zero-order valence-electron chi connectivity index (χ0n) is 17.3. The van der Waals surface area contributed by atoms with Gasteiger partial charge < -0.3 is 14.7 Å². The van der Waals surface area contributed by atoms with Crippen molar-refractivity contribution in [3.8, 4) is 17.1 Å². The molecule has 4 rings (SSSR count). The smallest absolute Gasteiger partial charge is 0.406 e. The SMILES string of the molecule is CN1CC(C)([C@](O)(c2ccc(OC(F)(F)F)cc2)c2cccc(-c3nnn(C)n3)c2)C1. The van der Waals surface area contributed by atoms with Crippen LogP contribution in [0, 0.1) is 5.41 Å². The largest absolute Gasteiger partial charge is 0.573 e. The molecule has 0 unspecified atom stereocenters. The highest BCUT2D eigenvalue weighted by molar-refractivity contribution is 5.57. The quantitative estimate of drug-likeness (QED) is 0.667. The molecule has 0 saturated carbocycles. The van der Waals surface area contributed by atoms with E-state index in [1.54, 1.807) is 25.2 Å². The van der Waals surface area contributed by atoms with Crippen LogP contribution in [0.25, 0.3) is 11.4 Å². The van der Waals surface area contributed by atoms with Crippen LogP contribution in [0.15, 0.2) is 48.5 Å². The highest BCUT2D eigenvalue weighted by Gasteiger charge is 2.55. The number of ether oxygens (including phenoxy) is 1. The minimum atomic E-state index is -4.78. The van der Waals surface area contributed by atoms with Crippen molar-refractivity contribution in [1.82, 2.24) is 25.1 Å². The fraction of sp³-hybridized carbons (Fsp3) is 0.381. The number of aromatic nitrogens is 4. The standard InChI is InChI=1S/C21H22F3N5O2/c1-19(12-28(2)13-19)20(30,15-7-9-17(10-8-15)31-21(22,23)24)16-6-4-5-14(11-16)18-25-27-29(3)26-18/h4-11,30H,12-13H2,1-3H3/t20-/m0/s1. The molecule has 0 spiro atoms. The fourth-order valence-electron chi connectivity index (χ4n) is 4.42. The van der Waals surface area contributed by atoms with Crippen LogP contribution in [0.1, 0.15) is 18.1 Å². The van der Waals surface area contributed by atoms with E-state index in [0.717, 1.165) is 0 Å². The highest BCUT2D eigenvalue weighted by atomic mass is 19.4. The van der Waals surface area contributed by atoms with Gasteiger partial charge in [0.1, 0.15) is 11.4 Å². The normalized spacial score (nSPS) is 18.3. The van der Waals surface area contributed by atoms with E-state index in [-0.39, 0.29) is 5.75 Å². The summed E-state index contributed by atoms with van der Waals surface area (Å²) in [7, 11) is 3.61. The molecule has 31 heavy (non-hydrogen) atoms. The molecule has 0 bridgehead atoms. The summed E-state index contributed by atoms with van der Waals surface area (Å²) in [5.74, 6) is 0.0727. The van der Waals surface area contributed by atoms with Crippen LogP contribution in [-0.4, -0.2) is 56.7 Å². The predicted molar refractivity (Wildman–Crippen MR) is 106 cm³/mol. The summed E-state index contributed by atoms with van der Waals surface area (Å²) >= 11 is 0. The van der Waals surface area contributed by atoms with Gasteiger partial charge in [-0.05, 0) is 41.6 Å². The number of alkyl halides is 3. The maximum atomic E-state index is 12.5. The third kappa shape index (κ3) is 3.88. The van der Waals surface area contributed by atoms with Gasteiger partial charge in [-0.3, -0.25) is 0 Å². The first-order valence-electron chi connectivity index (χ1n) is 9.62. The maximum absolute atomic E-state index is 12.5. The van der Waals surface area contributed by atoms with Gasteiger partial charge in [-0.2, -0.15) is 4.80 Å². The first-order valence-corrected chi connectivity index (χ1v) is 9.62. The molecule has 1 aliphatic heterocycles. The van der Waals surface area contributed by atoms with Crippen LogP contribution < -0.4 is 4.74 Å². The van der Waals surface area contributed by atoms with Gasteiger partial charge in [0.2, 0.25) is 5.82 Å². The van der Waals surface area contributed by atoms with E-state index in [0.29, 0.717) is 35.6 Å². The average molecular weight is 433 g/mol. The van der Waals surface area contributed by atoms with Gasteiger partial charge in [-0.1, -0.05) is 37.3 Å². The number of aliphatic hydroxyl groups is 1. The zero-order valence-corrected chi connectivity index (χ0v) is 17.3. The Morgan fingerprint density at radius 1 is 1.03 bits per heavy atom. The number of hydrogen-bond donors (Lipinski definition) is 1. The van der Waals surface area contributed by atoms with Crippen molar-refractivity contribution < 1.29 is 23.0 Å². The summed E-state index contributed by atoms with van der Waals surface area (Å²) in [6.07, 6.45) is -4.78. The molecular formula is C21H22F3N5O2. The van der Waals surface area contributed by atoms with Gasteiger partial charge in [-0.15, -0.1) is 23.4 Å². The molecule has 2 heterocycles. The Labute approximate surface area is 177 Å². The summed E-state index contributed by atoms with van der Waals surface area (Å²) in [4.78, 5) is 3.41. The van der Waals surface area contributed by atoms with Gasteiger partial charge in [-0.25, -0.2) is 0 Å². The van der Waals surface area contributed by atoms with E-state index < -0.39 is 17.4 Å². The number of hydrogen-bond acceptors (Lipinski definition) is 6. The van der Waals surface area contributed by atoms with E-state index >= 15 is 0 Å². The van der Waals surface area contributed by atoms with Crippen LogP contribution >= 0.6 is 0 Å². The number of tetrazole rings is 1. The van der Waals surface area contributed by atoms with Gasteiger partial charge in [0.25, 0.3) is 0 Å². The molecule has 1 saturated heterocycles. The number of rotatable bonds is 5. The molecule has 1 aliphatic rings. The van der Waals surface area contributed by atoms with Crippen molar-refractivity contribution in [1.29, 1.82) is 0 Å². The molecule has 10 heteroatoms. The molecule has 3 aromatic rings. The van der Waals surface area contributed by atoms with Crippen LogP contribution in [0.2, 0.25) is 0 Å². The van der Waals surface area contributed by atoms with Crippen molar-refractivity contribution in [2.75, 3.05) is 20.1 Å². The van der Waals surface area contributed by atoms with Crippen molar-refractivity contribution >= 4 is 0 Å². The van der Waals surface area contributed by atoms with E-state index in [1.807, 2.05) is 20.0 Å². The number of nitrogens with zero attached hydrogens (tertiary/aromatic N) is 5. The van der Waals surface area contributed by atoms with E-state index in [9.17, 15) is 18.3 Å². The van der Waals surface area contributed by atoms with E-state index in [4.69, 9.17) is 0 Å². The summed E-state index contributed by atoms with van der Waals surface area (Å²) in [5, 5.41) is 24.2. The van der Waals surface area contributed by atoms with Crippen molar-refractivity contribution in [2.24, 2.45) is 12.5 Å². The molecule has 7 nitrogen and oxygen atoms in total. The van der Waals surface area contributed by atoms with Crippen LogP contribution in [0.5, 0.6) is 5.75 Å². The lowest BCUT2D eigenvalue weighted by Gasteiger charge is -2.56. The van der Waals surface area contributed by atoms with Gasteiger partial charge in [0.15, 0.2) is 0 Å². The lowest BCUT2D eigenvalue weighted by molar-refractivity contribution is -0.274. The molecule has 0 amide bonds. The van der Waals surface area contributed by atoms with Crippen LogP contribution in [0.4, 0.5) is 13.2 Å². The summed E-state index contributed by atoms with van der Waals surface area (Å²) in [6.45, 7) is 3.18. The number of benzene rings is 2. The number of aryl methyl sites for hydroxylation is 1. The molecule has 164 valence electrons. The monoisotopic (exact) mass is 433 g/mol. The van der Waals surface area contributed by atoms with E-state index in [2.05, 4.69) is 25.0 Å². The van der Waals surface area contributed by atoms with Crippen LogP contribution in [0.3, 0.4) is 0 Å².